The summed E-state index contributed by atoms with van der Waals surface area (Å²) in [4.78, 5) is 129. The normalized spacial score (nSPS) is 25.7. The first kappa shape index (κ1) is 54.6. The number of phenolic OH excluding ortho intramolecular Hbond substituents is 1. The number of aromatic hydroxyl groups is 1. The summed E-state index contributed by atoms with van der Waals surface area (Å²) in [6.07, 6.45) is 0.0414. The highest BCUT2D eigenvalue weighted by Gasteiger charge is 2.44. The predicted molar refractivity (Wildman–Crippen MR) is 245 cm³/mol. The van der Waals surface area contributed by atoms with Gasteiger partial charge in [0.1, 0.15) is 54.1 Å². The van der Waals surface area contributed by atoms with Gasteiger partial charge >= 0.3 is 5.97 Å². The van der Waals surface area contributed by atoms with Gasteiger partial charge in [-0.1, -0.05) is 80.4 Å². The highest BCUT2D eigenvalue weighted by Crippen LogP contribution is 2.24. The van der Waals surface area contributed by atoms with Gasteiger partial charge in [-0.3, -0.25) is 38.4 Å². The van der Waals surface area contributed by atoms with Crippen LogP contribution in [0.25, 0.3) is 0 Å². The number of primary amides is 1. The lowest BCUT2D eigenvalue weighted by atomic mass is 9.95. The Kier molecular flexibility index (Phi) is 20.9. The lowest BCUT2D eigenvalue weighted by molar-refractivity contribution is -0.158. The Morgan fingerprint density at radius 1 is 0.833 bits per heavy atom. The van der Waals surface area contributed by atoms with E-state index in [2.05, 4.69) is 26.6 Å². The molecule has 0 aliphatic carbocycles. The zero-order valence-corrected chi connectivity index (χ0v) is 40.3. The molecular weight excluding hydrogens is 853 g/mol. The lowest BCUT2D eigenvalue weighted by Gasteiger charge is -2.35. The molecule has 0 spiro atoms. The van der Waals surface area contributed by atoms with Crippen molar-refractivity contribution < 1.29 is 53.0 Å². The van der Waals surface area contributed by atoms with Crippen molar-refractivity contribution in [3.05, 3.63) is 29.8 Å². The zero-order valence-electron chi connectivity index (χ0n) is 40.3. The number of hydrogen-bond donors (Lipinski definition) is 7. The van der Waals surface area contributed by atoms with E-state index in [4.69, 9.17) is 10.5 Å². The van der Waals surface area contributed by atoms with Gasteiger partial charge in [0.05, 0.1) is 0 Å². The number of benzene rings is 1. The fourth-order valence-corrected chi connectivity index (χ4v) is 7.97. The van der Waals surface area contributed by atoms with Gasteiger partial charge in [-0.25, -0.2) is 4.79 Å². The summed E-state index contributed by atoms with van der Waals surface area (Å²) in [6.45, 7) is 15.8. The largest absolute Gasteiger partial charge is 0.508 e. The molecule has 8 amide bonds. The van der Waals surface area contributed by atoms with Crippen molar-refractivity contribution in [2.24, 2.45) is 29.4 Å². The lowest BCUT2D eigenvalue weighted by Crippen LogP contribution is -2.62. The summed E-state index contributed by atoms with van der Waals surface area (Å²) in [7, 11) is 1.43. The molecular formula is C47H74N8O11. The molecule has 2 aliphatic rings. The average molecular weight is 927 g/mol. The maximum atomic E-state index is 14.6. The standard InChI is InChI=1S/C47H74N8O11/c1-11-26(6)37-46(64)54(10)35(24-30-16-18-31(56)19-17-30)43(61)52-38(27(7)12-2)47(65)66-29(9)39(53-41(59)32(20-21-36(48)57)49-40(58)28(8)13-3)44(62)50-33(23-25(4)5)45(63)55-22-14-15-34(55)42(60)51-37/h16-19,25-29,32-35,37-39,56H,11-15,20-24H2,1-10H3,(H2,48,57)(H,49,58)(H,50,62)(H,51,60)(H,52,61)(H,53,59)/t26?,27?,28?,29?,32-,33-,34-,35-,37?,38-,39-/m0/s1. The number of cyclic esters (lactones) is 1. The summed E-state index contributed by atoms with van der Waals surface area (Å²) in [5.41, 5.74) is 5.98. The fourth-order valence-electron chi connectivity index (χ4n) is 7.97. The summed E-state index contributed by atoms with van der Waals surface area (Å²) < 4.78 is 5.95. The van der Waals surface area contributed by atoms with Crippen LogP contribution in [-0.4, -0.2) is 130 Å². The maximum absolute atomic E-state index is 14.6. The van der Waals surface area contributed by atoms with Gasteiger partial charge < -0.3 is 52.0 Å². The van der Waals surface area contributed by atoms with Gasteiger partial charge in [0.25, 0.3) is 0 Å². The molecule has 66 heavy (non-hydrogen) atoms. The number of fused-ring (bicyclic) bond motifs is 1. The van der Waals surface area contributed by atoms with Crippen LogP contribution in [0.2, 0.25) is 0 Å². The highest BCUT2D eigenvalue weighted by molar-refractivity contribution is 5.98. The summed E-state index contributed by atoms with van der Waals surface area (Å²) >= 11 is 0. The summed E-state index contributed by atoms with van der Waals surface area (Å²) in [5, 5.41) is 23.7. The van der Waals surface area contributed by atoms with Crippen molar-refractivity contribution >= 4 is 53.2 Å². The van der Waals surface area contributed by atoms with Gasteiger partial charge in [-0.05, 0) is 74.5 Å². The van der Waals surface area contributed by atoms with Crippen LogP contribution in [0.3, 0.4) is 0 Å². The quantitative estimate of drug-likeness (QED) is 0.117. The van der Waals surface area contributed by atoms with Crippen LogP contribution in [0.1, 0.15) is 119 Å². The second-order valence-corrected chi connectivity index (χ2v) is 18.5. The zero-order chi connectivity index (χ0) is 49.6. The third-order valence-electron chi connectivity index (χ3n) is 12.9. The van der Waals surface area contributed by atoms with Crippen LogP contribution in [0.15, 0.2) is 24.3 Å². The number of amides is 8. The number of nitrogens with zero attached hydrogens (tertiary/aromatic N) is 2. The smallest absolute Gasteiger partial charge is 0.329 e. The molecule has 0 radical (unpaired) electrons. The van der Waals surface area contributed by atoms with E-state index in [0.29, 0.717) is 31.2 Å². The van der Waals surface area contributed by atoms with Gasteiger partial charge in [0.15, 0.2) is 0 Å². The molecule has 2 saturated heterocycles. The number of rotatable bonds is 16. The third kappa shape index (κ3) is 14.9. The summed E-state index contributed by atoms with van der Waals surface area (Å²) in [6, 6.07) is -2.95. The molecule has 2 aliphatic heterocycles. The summed E-state index contributed by atoms with van der Waals surface area (Å²) in [5.74, 6) is -8.19. The second kappa shape index (κ2) is 25.2. The van der Waals surface area contributed by atoms with Crippen LogP contribution in [0.4, 0.5) is 0 Å². The molecule has 19 heteroatoms. The Morgan fingerprint density at radius 3 is 2.02 bits per heavy atom. The minimum absolute atomic E-state index is 0.0171. The van der Waals surface area contributed by atoms with Crippen molar-refractivity contribution in [1.82, 2.24) is 36.4 Å². The molecule has 0 saturated carbocycles. The molecule has 3 rings (SSSR count). The van der Waals surface area contributed by atoms with Crippen LogP contribution >= 0.6 is 0 Å². The number of nitrogens with two attached hydrogens (primary N) is 1. The Balaban J connectivity index is 2.24. The maximum Gasteiger partial charge on any atom is 0.329 e. The SMILES string of the molecule is CCC(C)C(=O)N[C@@H](CCC(N)=O)C(=O)N[C@@H]1C(=O)N[C@@H](CC(C)C)C(=O)N2CCC[C@H]2C(=O)NC(C(C)CC)C(=O)N(C)[C@@H](Cc2ccc(O)cc2)C(=O)N[C@@H](C(C)CC)C(=O)OC1C. The number of nitrogens with one attached hydrogen (secondary N) is 5. The fraction of sp³-hybridized carbons (Fsp3) is 0.681. The number of carbonyl (C=O) groups is 9. The number of esters is 1. The molecule has 1 aromatic carbocycles. The van der Waals surface area contributed by atoms with E-state index >= 15 is 0 Å². The van der Waals surface area contributed by atoms with E-state index < -0.39 is 119 Å². The minimum Gasteiger partial charge on any atom is -0.508 e. The first-order valence-electron chi connectivity index (χ1n) is 23.4. The first-order chi connectivity index (χ1) is 31.0. The number of hydrogen-bond acceptors (Lipinski definition) is 11. The Labute approximate surface area is 388 Å². The van der Waals surface area contributed by atoms with E-state index in [1.807, 2.05) is 20.8 Å². The van der Waals surface area contributed by atoms with Crippen molar-refractivity contribution in [3.8, 4) is 5.75 Å². The van der Waals surface area contributed by atoms with Gasteiger partial charge in [0, 0.05) is 32.4 Å². The third-order valence-corrected chi connectivity index (χ3v) is 12.9. The van der Waals surface area contributed by atoms with E-state index in [1.165, 1.54) is 35.9 Å². The first-order valence-corrected chi connectivity index (χ1v) is 23.4. The Hall–Kier alpha value is -5.75. The van der Waals surface area contributed by atoms with Crippen molar-refractivity contribution in [2.75, 3.05) is 13.6 Å². The van der Waals surface area contributed by atoms with Crippen LogP contribution in [0.5, 0.6) is 5.75 Å². The molecule has 368 valence electrons. The topological polar surface area (TPSA) is 276 Å². The van der Waals surface area contributed by atoms with Gasteiger partial charge in [-0.15, -0.1) is 0 Å². The number of ether oxygens (including phenoxy) is 1. The van der Waals surface area contributed by atoms with Crippen molar-refractivity contribution in [3.63, 3.8) is 0 Å². The van der Waals surface area contributed by atoms with Gasteiger partial charge in [0.2, 0.25) is 47.3 Å². The Morgan fingerprint density at radius 2 is 1.44 bits per heavy atom. The van der Waals surface area contributed by atoms with E-state index in [0.717, 1.165) is 0 Å². The molecule has 5 unspecified atom stereocenters. The second-order valence-electron chi connectivity index (χ2n) is 18.5. The van der Waals surface area contributed by atoms with Crippen LogP contribution in [0, 0.1) is 23.7 Å². The molecule has 8 N–H and O–H groups in total. The molecule has 1 aromatic rings. The Bertz CT molecular complexity index is 1890. The van der Waals surface area contributed by atoms with Gasteiger partial charge in [-0.2, -0.15) is 0 Å². The number of likely N-dealkylation sites (N-methyl/N-ethyl adjacent to an activating group) is 1. The molecule has 0 aromatic heterocycles. The van der Waals surface area contributed by atoms with E-state index in [9.17, 15) is 48.3 Å². The molecule has 2 fully saturated rings. The van der Waals surface area contributed by atoms with Crippen molar-refractivity contribution in [2.45, 2.75) is 168 Å². The molecule has 11 atom stereocenters. The molecule has 19 nitrogen and oxygen atoms in total. The molecule has 0 bridgehead atoms. The minimum atomic E-state index is -1.70. The monoisotopic (exact) mass is 927 g/mol. The van der Waals surface area contributed by atoms with E-state index in [-0.39, 0.29) is 50.3 Å². The predicted octanol–water partition coefficient (Wildman–Crippen LogP) is 1.57. The average Bonchev–Trinajstić information content (AvgIpc) is 3.78. The van der Waals surface area contributed by atoms with Crippen molar-refractivity contribution in [1.29, 1.82) is 0 Å². The molecule has 2 heterocycles. The number of carbonyl (C=O) groups excluding carboxylic acids is 9. The number of phenols is 1. The highest BCUT2D eigenvalue weighted by atomic mass is 16.5. The van der Waals surface area contributed by atoms with Crippen LogP contribution in [-0.2, 0) is 54.3 Å². The van der Waals surface area contributed by atoms with Crippen LogP contribution < -0.4 is 32.3 Å². The van der Waals surface area contributed by atoms with E-state index in [1.54, 1.807) is 46.8 Å².